The van der Waals surface area contributed by atoms with E-state index in [4.69, 9.17) is 0 Å². The number of amides is 3. The van der Waals surface area contributed by atoms with Gasteiger partial charge in [0.2, 0.25) is 17.7 Å². The Bertz CT molecular complexity index is 3790. The summed E-state index contributed by atoms with van der Waals surface area (Å²) < 4.78 is 48.4. The topological polar surface area (TPSA) is 172 Å². The fraction of sp³-hybridized carbons (Fsp3) is 0.557. The first-order valence-electron chi connectivity index (χ1n) is 32.5. The maximum absolute atomic E-state index is 13.7. The van der Waals surface area contributed by atoms with Crippen molar-refractivity contribution in [2.24, 2.45) is 17.8 Å². The SMILES string of the molecule is CC(F)C(CO)NC(=O)C1C=C2c3cccc4c3c(c3n4CCC3)CC2N(C)C1.CCC(CO)NC(=O)C1CN(C)C2Cc3c4n(c5cccc(c35)C2(C)C1)CCC4.CN1CC(C(=O)NC(CO)C(C)(F)F)C=C2c3cccc4c3c(c3n4CCC3)CC21. The van der Waals surface area contributed by atoms with Gasteiger partial charge in [0, 0.05) is 120 Å². The van der Waals surface area contributed by atoms with Crippen LogP contribution in [0.2, 0.25) is 0 Å². The molecule has 3 amide bonds. The van der Waals surface area contributed by atoms with Gasteiger partial charge in [-0.2, -0.15) is 0 Å². The van der Waals surface area contributed by atoms with Crippen LogP contribution in [0.5, 0.6) is 0 Å². The molecule has 1 fully saturated rings. The number of nitrogens with one attached hydrogen (secondary N) is 3. The molecule has 6 aromatic rings. The zero-order valence-corrected chi connectivity index (χ0v) is 52.2. The van der Waals surface area contributed by atoms with Gasteiger partial charge in [0.1, 0.15) is 12.2 Å². The second-order valence-electron chi connectivity index (χ2n) is 27.4. The summed E-state index contributed by atoms with van der Waals surface area (Å²) in [7, 11) is 6.26. The van der Waals surface area contributed by atoms with Crippen molar-refractivity contribution < 1.29 is 42.9 Å². The van der Waals surface area contributed by atoms with Crippen LogP contribution in [0, 0.1) is 17.8 Å². The molecule has 0 spiro atoms. The van der Waals surface area contributed by atoms with Gasteiger partial charge in [-0.05, 0) is 161 Å². The number of aromatic nitrogens is 3. The molecule has 6 N–H and O–H groups in total. The second-order valence-corrected chi connectivity index (χ2v) is 27.4. The van der Waals surface area contributed by atoms with E-state index in [1.807, 2.05) is 20.0 Å². The third-order valence-electron chi connectivity index (χ3n) is 22.0. The van der Waals surface area contributed by atoms with Crippen LogP contribution in [0.1, 0.15) is 110 Å². The molecule has 9 aliphatic rings. The Kier molecular flexibility index (Phi) is 16.2. The molecule has 11 atom stereocenters. The van der Waals surface area contributed by atoms with Crippen LogP contribution in [-0.4, -0.2) is 170 Å². The molecule has 470 valence electrons. The van der Waals surface area contributed by atoms with E-state index >= 15 is 0 Å². The van der Waals surface area contributed by atoms with Gasteiger partial charge in [0.25, 0.3) is 5.92 Å². The Hall–Kier alpha value is -6.28. The molecule has 11 unspecified atom stereocenters. The number of benzene rings is 3. The van der Waals surface area contributed by atoms with Crippen molar-refractivity contribution in [2.45, 2.75) is 172 Å². The number of likely N-dealkylation sites (N-methyl/N-ethyl adjacent to an activating group) is 3. The Morgan fingerprint density at radius 3 is 1.59 bits per heavy atom. The average molecular weight is 1210 g/mol. The van der Waals surface area contributed by atoms with E-state index in [1.165, 1.54) is 105 Å². The summed E-state index contributed by atoms with van der Waals surface area (Å²) >= 11 is 0. The van der Waals surface area contributed by atoms with Crippen LogP contribution in [-0.2, 0) is 78.0 Å². The number of hydrogen-bond donors (Lipinski definition) is 6. The van der Waals surface area contributed by atoms with E-state index in [0.29, 0.717) is 26.1 Å². The Labute approximate surface area is 514 Å². The van der Waals surface area contributed by atoms with Gasteiger partial charge in [-0.15, -0.1) is 0 Å². The summed E-state index contributed by atoms with van der Waals surface area (Å²) in [5.41, 5.74) is 19.0. The van der Waals surface area contributed by atoms with Crippen LogP contribution in [0.25, 0.3) is 43.9 Å². The molecule has 3 aromatic heterocycles. The number of likely N-dealkylation sites (tertiary alicyclic amines) is 1. The molecule has 15 nitrogen and oxygen atoms in total. The van der Waals surface area contributed by atoms with Crippen LogP contribution in [0.3, 0.4) is 0 Å². The lowest BCUT2D eigenvalue weighted by molar-refractivity contribution is -0.130. The predicted octanol–water partition coefficient (Wildman–Crippen LogP) is 7.49. The van der Waals surface area contributed by atoms with Crippen molar-refractivity contribution in [3.8, 4) is 0 Å². The minimum absolute atomic E-state index is 0.00362. The molecule has 3 aromatic carbocycles. The van der Waals surface area contributed by atoms with Crippen molar-refractivity contribution in [3.63, 3.8) is 0 Å². The molecular formula is C70H88F3N9O6. The fourth-order valence-corrected chi connectivity index (χ4v) is 17.5. The van der Waals surface area contributed by atoms with Crippen LogP contribution >= 0.6 is 0 Å². The number of rotatable bonds is 12. The van der Waals surface area contributed by atoms with Crippen molar-refractivity contribution in [1.29, 1.82) is 0 Å². The number of halogens is 3. The Morgan fingerprint density at radius 1 is 0.636 bits per heavy atom. The maximum Gasteiger partial charge on any atom is 0.267 e. The summed E-state index contributed by atoms with van der Waals surface area (Å²) in [5, 5.41) is 40.4. The third-order valence-corrected chi connectivity index (χ3v) is 22.0. The number of hydrogen-bond acceptors (Lipinski definition) is 9. The van der Waals surface area contributed by atoms with Gasteiger partial charge in [-0.3, -0.25) is 24.2 Å². The maximum atomic E-state index is 13.7. The number of nitrogens with zero attached hydrogens (tertiary/aromatic N) is 6. The monoisotopic (exact) mass is 1210 g/mol. The minimum atomic E-state index is -3.18. The Morgan fingerprint density at radius 2 is 1.12 bits per heavy atom. The smallest absolute Gasteiger partial charge is 0.267 e. The van der Waals surface area contributed by atoms with Crippen LogP contribution < -0.4 is 16.0 Å². The minimum Gasteiger partial charge on any atom is -0.394 e. The molecule has 15 rings (SSSR count). The Balaban J connectivity index is 0.000000122. The van der Waals surface area contributed by atoms with Crippen molar-refractivity contribution in [1.82, 2.24) is 44.4 Å². The first-order valence-corrected chi connectivity index (χ1v) is 32.5. The number of carbonyl (C=O) groups is 3. The number of piperidine rings is 1. The summed E-state index contributed by atoms with van der Waals surface area (Å²) in [6.07, 6.45) is 14.5. The molecule has 0 radical (unpaired) electrons. The van der Waals surface area contributed by atoms with Crippen LogP contribution in [0.15, 0.2) is 66.7 Å². The average Bonchev–Trinajstić information content (AvgIpc) is 1.52. The van der Waals surface area contributed by atoms with E-state index in [1.54, 1.807) is 11.3 Å². The number of aliphatic hydroxyl groups excluding tert-OH is 3. The summed E-state index contributed by atoms with van der Waals surface area (Å²) in [6.45, 7) is 10.4. The van der Waals surface area contributed by atoms with Gasteiger partial charge < -0.3 is 49.9 Å². The lowest BCUT2D eigenvalue weighted by Gasteiger charge is -2.52. The third kappa shape index (κ3) is 10.1. The molecule has 88 heavy (non-hydrogen) atoms. The standard InChI is InChI=1S/C24H33N3O2.C23H27F2N3O2.C23H28FN3O2/c1-4-16(14-28)25-23(29)15-12-24(2)18-7-5-8-20-22(18)17(11-21(24)26(3)13-15)19-9-6-10-27(19)20;1-23(24,25)20(12-29)26-22(30)13-9-15-14-5-3-6-18-21(14)16(10-19(15)27(2)11-13)17-7-4-8-28(17)18;1-13(24)18(12-28)25-23(29)14-9-16-15-5-3-6-20-22(15)17(10-21(16)26(2)11-14)19-7-4-8-27(19)20/h5,7-8,15-16,21,28H,4,6,9-14H2,1-3H3,(H,25,29);3,5-6,9,13,19-20,29H,4,7-8,10-12H2,1-2H3,(H,26,30);3,5-6,9,13-14,18,21,28H,4,7-8,10-12H2,1-2H3,(H,25,29). The van der Waals surface area contributed by atoms with E-state index in [2.05, 4.69) is 126 Å². The summed E-state index contributed by atoms with van der Waals surface area (Å²) in [6, 6.07) is 17.9. The number of aryl methyl sites for hydroxylation is 3. The van der Waals surface area contributed by atoms with E-state index in [0.717, 1.165) is 82.3 Å². The molecule has 3 aliphatic carbocycles. The van der Waals surface area contributed by atoms with Gasteiger partial charge in [0.15, 0.2) is 0 Å². The van der Waals surface area contributed by atoms with E-state index in [9.17, 15) is 42.9 Å². The number of fused-ring (bicyclic) bond motifs is 15. The van der Waals surface area contributed by atoms with Crippen LogP contribution in [0.4, 0.5) is 13.2 Å². The zero-order chi connectivity index (χ0) is 61.8. The van der Waals surface area contributed by atoms with E-state index in [-0.39, 0.29) is 53.8 Å². The van der Waals surface area contributed by atoms with Crippen molar-refractivity contribution in [2.75, 3.05) is 60.6 Å². The highest BCUT2D eigenvalue weighted by atomic mass is 19.3. The first-order chi connectivity index (χ1) is 42.3. The highest BCUT2D eigenvalue weighted by Gasteiger charge is 2.51. The zero-order valence-electron chi connectivity index (χ0n) is 52.2. The molecule has 0 saturated carbocycles. The van der Waals surface area contributed by atoms with Gasteiger partial charge >= 0.3 is 0 Å². The number of carbonyl (C=O) groups excluding carboxylic acids is 3. The number of alkyl halides is 3. The van der Waals surface area contributed by atoms with Gasteiger partial charge in [-0.25, -0.2) is 13.2 Å². The molecule has 9 heterocycles. The quantitative estimate of drug-likeness (QED) is 0.0727. The highest BCUT2D eigenvalue weighted by Crippen LogP contribution is 2.52. The molecular weight excluding hydrogens is 1120 g/mol. The molecule has 0 bridgehead atoms. The molecule has 1 saturated heterocycles. The number of aliphatic hydroxyl groups is 3. The lowest BCUT2D eigenvalue weighted by atomic mass is 9.61. The highest BCUT2D eigenvalue weighted by molar-refractivity contribution is 6.02. The molecule has 18 heteroatoms. The fourth-order valence-electron chi connectivity index (χ4n) is 17.5. The van der Waals surface area contributed by atoms with Crippen molar-refractivity contribution in [3.05, 3.63) is 117 Å². The summed E-state index contributed by atoms with van der Waals surface area (Å²) in [5.74, 6) is -4.72. The second kappa shape index (κ2) is 23.5. The molecule has 6 aliphatic heterocycles. The van der Waals surface area contributed by atoms with E-state index < -0.39 is 49.2 Å². The van der Waals surface area contributed by atoms with Gasteiger partial charge in [0.05, 0.1) is 49.7 Å². The normalized spacial score (nSPS) is 26.4. The van der Waals surface area contributed by atoms with Gasteiger partial charge in [-0.1, -0.05) is 62.4 Å². The first kappa shape index (κ1) is 60.6. The lowest BCUT2D eigenvalue weighted by Crippen LogP contribution is -2.59. The predicted molar refractivity (Wildman–Crippen MR) is 338 cm³/mol. The summed E-state index contributed by atoms with van der Waals surface area (Å²) in [4.78, 5) is 45.5. The largest absolute Gasteiger partial charge is 0.394 e. The van der Waals surface area contributed by atoms with Crippen molar-refractivity contribution >= 4 is 61.6 Å².